The van der Waals surface area contributed by atoms with Gasteiger partial charge in [-0.1, -0.05) is 13.8 Å². The van der Waals surface area contributed by atoms with Crippen LogP contribution >= 0.6 is 0 Å². The zero-order valence-corrected chi connectivity index (χ0v) is 15.2. The van der Waals surface area contributed by atoms with E-state index in [4.69, 9.17) is 5.73 Å². The Morgan fingerprint density at radius 2 is 1.71 bits per heavy atom. The molecule has 6 nitrogen and oxygen atoms in total. The lowest BCUT2D eigenvalue weighted by Gasteiger charge is -2.25. The summed E-state index contributed by atoms with van der Waals surface area (Å²) >= 11 is 0. The average molecular weight is 334 g/mol. The Balaban J connectivity index is 2.46. The summed E-state index contributed by atoms with van der Waals surface area (Å²) in [5.41, 5.74) is 6.29. The largest absolute Gasteiger partial charge is 0.366 e. The Morgan fingerprint density at radius 1 is 1.12 bits per heavy atom. The van der Waals surface area contributed by atoms with E-state index >= 15 is 0 Å². The number of anilines is 1. The molecule has 24 heavy (non-hydrogen) atoms. The monoisotopic (exact) mass is 334 g/mol. The van der Waals surface area contributed by atoms with Gasteiger partial charge in [-0.15, -0.1) is 0 Å². The molecule has 1 aromatic rings. The molecular weight excluding hydrogens is 304 g/mol. The van der Waals surface area contributed by atoms with E-state index in [9.17, 15) is 9.59 Å². The summed E-state index contributed by atoms with van der Waals surface area (Å²) in [5, 5.41) is 2.87. The van der Waals surface area contributed by atoms with Crippen LogP contribution in [0.15, 0.2) is 24.3 Å². The van der Waals surface area contributed by atoms with Crippen LogP contribution in [0, 0.1) is 0 Å². The van der Waals surface area contributed by atoms with Crippen LogP contribution in [0.1, 0.15) is 37.6 Å². The zero-order valence-electron chi connectivity index (χ0n) is 15.2. The van der Waals surface area contributed by atoms with E-state index in [0.717, 1.165) is 32.6 Å². The molecular formula is C18H30N4O2. The summed E-state index contributed by atoms with van der Waals surface area (Å²) < 4.78 is 0. The number of primary amides is 1. The number of rotatable bonds is 10. The molecule has 0 spiro atoms. The van der Waals surface area contributed by atoms with Crippen LogP contribution < -0.4 is 11.1 Å². The lowest BCUT2D eigenvalue weighted by atomic mass is 10.2. The highest BCUT2D eigenvalue weighted by atomic mass is 16.2. The van der Waals surface area contributed by atoms with E-state index < -0.39 is 5.91 Å². The summed E-state index contributed by atoms with van der Waals surface area (Å²) in [7, 11) is 1.96. The molecule has 0 aliphatic rings. The van der Waals surface area contributed by atoms with Gasteiger partial charge >= 0.3 is 0 Å². The van der Waals surface area contributed by atoms with Gasteiger partial charge in [0.1, 0.15) is 0 Å². The molecule has 1 atom stereocenters. The molecule has 0 heterocycles. The SMILES string of the molecule is CCN(CC)CCCN(C)C(C)C(=O)Nc1ccc(C(N)=O)cc1. The zero-order chi connectivity index (χ0) is 18.1. The van der Waals surface area contributed by atoms with Crippen molar-refractivity contribution in [3.05, 3.63) is 29.8 Å². The topological polar surface area (TPSA) is 78.7 Å². The number of hydrogen-bond acceptors (Lipinski definition) is 4. The van der Waals surface area contributed by atoms with Crippen molar-refractivity contribution >= 4 is 17.5 Å². The van der Waals surface area contributed by atoms with E-state index in [2.05, 4.69) is 29.0 Å². The van der Waals surface area contributed by atoms with Gasteiger partial charge in [0.05, 0.1) is 6.04 Å². The number of amides is 2. The van der Waals surface area contributed by atoms with Crippen LogP contribution in [0.5, 0.6) is 0 Å². The van der Waals surface area contributed by atoms with Crippen LogP contribution in [0.4, 0.5) is 5.69 Å². The Morgan fingerprint density at radius 3 is 2.21 bits per heavy atom. The second-order valence-corrected chi connectivity index (χ2v) is 5.97. The average Bonchev–Trinajstić information content (AvgIpc) is 2.58. The van der Waals surface area contributed by atoms with E-state index in [1.54, 1.807) is 24.3 Å². The molecule has 3 N–H and O–H groups in total. The predicted molar refractivity (Wildman–Crippen MR) is 98.1 cm³/mol. The fourth-order valence-electron chi connectivity index (χ4n) is 2.44. The fraction of sp³-hybridized carbons (Fsp3) is 0.556. The van der Waals surface area contributed by atoms with Crippen molar-refractivity contribution < 1.29 is 9.59 Å². The summed E-state index contributed by atoms with van der Waals surface area (Å²) in [5.74, 6) is -0.540. The molecule has 134 valence electrons. The van der Waals surface area contributed by atoms with Gasteiger partial charge in [0.2, 0.25) is 11.8 Å². The molecule has 0 aliphatic heterocycles. The number of carbonyl (C=O) groups excluding carboxylic acids is 2. The molecule has 0 radical (unpaired) electrons. The second-order valence-electron chi connectivity index (χ2n) is 5.97. The number of nitrogens with one attached hydrogen (secondary N) is 1. The van der Waals surface area contributed by atoms with Crippen molar-refractivity contribution in [3.63, 3.8) is 0 Å². The summed E-state index contributed by atoms with van der Waals surface area (Å²) in [6, 6.07) is 6.36. The fourth-order valence-corrected chi connectivity index (χ4v) is 2.44. The van der Waals surface area contributed by atoms with Crippen molar-refractivity contribution in [3.8, 4) is 0 Å². The van der Waals surface area contributed by atoms with E-state index in [-0.39, 0.29) is 11.9 Å². The standard InChI is InChI=1S/C18H30N4O2/c1-5-22(6-2)13-7-12-21(4)14(3)18(24)20-16-10-8-15(9-11-16)17(19)23/h8-11,14H,5-7,12-13H2,1-4H3,(H2,19,23)(H,20,24). The van der Waals surface area contributed by atoms with Gasteiger partial charge in [0.15, 0.2) is 0 Å². The Hall–Kier alpha value is -1.92. The molecule has 1 rings (SSSR count). The normalized spacial score (nSPS) is 12.4. The van der Waals surface area contributed by atoms with Gasteiger partial charge in [-0.05, 0) is 70.8 Å². The van der Waals surface area contributed by atoms with E-state index in [0.29, 0.717) is 11.3 Å². The van der Waals surface area contributed by atoms with Crippen LogP contribution in [0.3, 0.4) is 0 Å². The van der Waals surface area contributed by atoms with Crippen molar-refractivity contribution in [2.24, 2.45) is 5.73 Å². The molecule has 0 saturated heterocycles. The van der Waals surface area contributed by atoms with E-state index in [1.165, 1.54) is 0 Å². The van der Waals surface area contributed by atoms with Gasteiger partial charge in [-0.3, -0.25) is 14.5 Å². The summed E-state index contributed by atoms with van der Waals surface area (Å²) in [6.45, 7) is 10.2. The molecule has 1 aromatic carbocycles. The van der Waals surface area contributed by atoms with Gasteiger partial charge < -0.3 is 16.0 Å². The minimum Gasteiger partial charge on any atom is -0.366 e. The van der Waals surface area contributed by atoms with Gasteiger partial charge in [-0.2, -0.15) is 0 Å². The van der Waals surface area contributed by atoms with Gasteiger partial charge in [0.25, 0.3) is 0 Å². The molecule has 0 aliphatic carbocycles. The maximum Gasteiger partial charge on any atom is 0.248 e. The predicted octanol–water partition coefficient (Wildman–Crippen LogP) is 1.78. The third kappa shape index (κ3) is 6.29. The highest BCUT2D eigenvalue weighted by molar-refractivity contribution is 5.96. The maximum absolute atomic E-state index is 12.3. The number of hydrogen-bond donors (Lipinski definition) is 2. The first-order chi connectivity index (χ1) is 11.4. The number of nitrogens with zero attached hydrogens (tertiary/aromatic N) is 2. The third-order valence-electron chi connectivity index (χ3n) is 4.36. The van der Waals surface area contributed by atoms with Crippen molar-refractivity contribution in [1.29, 1.82) is 0 Å². The molecule has 2 amide bonds. The number of nitrogens with two attached hydrogens (primary N) is 1. The molecule has 0 saturated carbocycles. The molecule has 0 aromatic heterocycles. The summed E-state index contributed by atoms with van der Waals surface area (Å²) in [6.07, 6.45) is 1.03. The minimum atomic E-state index is -0.478. The lowest BCUT2D eigenvalue weighted by Crippen LogP contribution is -2.40. The van der Waals surface area contributed by atoms with Crippen LogP contribution in [-0.2, 0) is 4.79 Å². The van der Waals surface area contributed by atoms with E-state index in [1.807, 2.05) is 14.0 Å². The Bertz CT molecular complexity index is 526. The highest BCUT2D eigenvalue weighted by Crippen LogP contribution is 2.10. The second kappa shape index (κ2) is 10.1. The third-order valence-corrected chi connectivity index (χ3v) is 4.36. The first-order valence-corrected chi connectivity index (χ1v) is 8.52. The van der Waals surface area contributed by atoms with Crippen LogP contribution in [-0.4, -0.2) is 60.9 Å². The highest BCUT2D eigenvalue weighted by Gasteiger charge is 2.18. The van der Waals surface area contributed by atoms with Crippen molar-refractivity contribution in [2.75, 3.05) is 38.5 Å². The Labute approximate surface area is 145 Å². The van der Waals surface area contributed by atoms with Crippen LogP contribution in [0.2, 0.25) is 0 Å². The lowest BCUT2D eigenvalue weighted by molar-refractivity contribution is -0.120. The van der Waals surface area contributed by atoms with Crippen molar-refractivity contribution in [2.45, 2.75) is 33.2 Å². The Kier molecular flexibility index (Phi) is 8.43. The minimum absolute atomic E-state index is 0.0628. The van der Waals surface area contributed by atoms with Crippen molar-refractivity contribution in [1.82, 2.24) is 9.80 Å². The number of benzene rings is 1. The summed E-state index contributed by atoms with van der Waals surface area (Å²) in [4.78, 5) is 27.8. The van der Waals surface area contributed by atoms with Gasteiger partial charge in [-0.25, -0.2) is 0 Å². The number of likely N-dealkylation sites (N-methyl/N-ethyl adjacent to an activating group) is 1. The molecule has 0 bridgehead atoms. The molecule has 6 heteroatoms. The van der Waals surface area contributed by atoms with Crippen LogP contribution in [0.25, 0.3) is 0 Å². The number of carbonyl (C=O) groups is 2. The van der Waals surface area contributed by atoms with Gasteiger partial charge in [0, 0.05) is 11.3 Å². The molecule has 0 fully saturated rings. The molecule has 1 unspecified atom stereocenters. The first kappa shape index (κ1) is 20.1. The maximum atomic E-state index is 12.3. The first-order valence-electron chi connectivity index (χ1n) is 8.52. The smallest absolute Gasteiger partial charge is 0.248 e. The quantitative estimate of drug-likeness (QED) is 0.683.